The smallest absolute Gasteiger partial charge is 0.0352 e. The largest absolute Gasteiger partial charge is 0.271 e. The summed E-state index contributed by atoms with van der Waals surface area (Å²) in [4.78, 5) is 2.64. The monoisotopic (exact) mass is 356 g/mol. The molecular formula is C14H17BrN2S2. The summed E-state index contributed by atoms with van der Waals surface area (Å²) < 4.78 is 1.15. The molecule has 0 spiro atoms. The van der Waals surface area contributed by atoms with Crippen LogP contribution in [0.3, 0.4) is 0 Å². The quantitative estimate of drug-likeness (QED) is 0.466. The number of halogens is 1. The van der Waals surface area contributed by atoms with Gasteiger partial charge < -0.3 is 0 Å². The number of thiophene rings is 1. The van der Waals surface area contributed by atoms with Crippen molar-refractivity contribution in [1.29, 1.82) is 0 Å². The first-order valence-corrected chi connectivity index (χ1v) is 8.71. The van der Waals surface area contributed by atoms with Gasteiger partial charge in [-0.2, -0.15) is 0 Å². The Morgan fingerprint density at radius 3 is 2.68 bits per heavy atom. The Labute approximate surface area is 130 Å². The summed E-state index contributed by atoms with van der Waals surface area (Å²) in [6, 6.07) is 11.1. The lowest BCUT2D eigenvalue weighted by molar-refractivity contribution is 0.579. The lowest BCUT2D eigenvalue weighted by Gasteiger charge is -2.14. The fourth-order valence-electron chi connectivity index (χ4n) is 1.70. The second-order valence-electron chi connectivity index (χ2n) is 4.42. The van der Waals surface area contributed by atoms with Gasteiger partial charge in [-0.25, -0.2) is 0 Å². The Morgan fingerprint density at radius 1 is 1.37 bits per heavy atom. The molecule has 2 nitrogen and oxygen atoms in total. The summed E-state index contributed by atoms with van der Waals surface area (Å²) in [5, 5.41) is 2.11. The molecule has 0 aliphatic carbocycles. The molecule has 0 saturated carbocycles. The van der Waals surface area contributed by atoms with Gasteiger partial charge in [0.1, 0.15) is 0 Å². The molecule has 2 rings (SSSR count). The number of benzene rings is 1. The van der Waals surface area contributed by atoms with Crippen molar-refractivity contribution in [2.75, 3.05) is 5.75 Å². The number of thioether (sulfide) groups is 1. The van der Waals surface area contributed by atoms with Gasteiger partial charge >= 0.3 is 0 Å². The highest BCUT2D eigenvalue weighted by atomic mass is 79.9. The average molecular weight is 357 g/mol. The molecular weight excluding hydrogens is 340 g/mol. The van der Waals surface area contributed by atoms with E-state index in [0.717, 1.165) is 16.6 Å². The van der Waals surface area contributed by atoms with E-state index in [1.807, 2.05) is 11.8 Å². The van der Waals surface area contributed by atoms with Gasteiger partial charge in [-0.05, 0) is 47.5 Å². The third kappa shape index (κ3) is 4.93. The molecule has 102 valence electrons. The van der Waals surface area contributed by atoms with Crippen LogP contribution in [0, 0.1) is 6.92 Å². The minimum atomic E-state index is 0.289. The molecule has 1 unspecified atom stereocenters. The van der Waals surface area contributed by atoms with Crippen LogP contribution in [-0.4, -0.2) is 11.8 Å². The first-order chi connectivity index (χ1) is 9.17. The van der Waals surface area contributed by atoms with E-state index in [2.05, 4.69) is 64.0 Å². The standard InChI is InChI=1S/C14H17BrN2S2/c1-10-2-4-13(5-3-10)19-9-12(17-16)7-14-6-11(15)8-18-14/h2-6,8,12,17H,7,9,16H2,1H3. The maximum atomic E-state index is 5.65. The van der Waals surface area contributed by atoms with Gasteiger partial charge in [0, 0.05) is 31.4 Å². The maximum absolute atomic E-state index is 5.65. The number of hydrogen-bond acceptors (Lipinski definition) is 4. The first kappa shape index (κ1) is 15.1. The zero-order valence-electron chi connectivity index (χ0n) is 10.7. The SMILES string of the molecule is Cc1ccc(SCC(Cc2cc(Br)cs2)NN)cc1. The second-order valence-corrected chi connectivity index (χ2v) is 7.43. The van der Waals surface area contributed by atoms with Crippen LogP contribution in [0.1, 0.15) is 10.4 Å². The molecule has 3 N–H and O–H groups in total. The van der Waals surface area contributed by atoms with Crippen LogP contribution in [0.15, 0.2) is 45.1 Å². The van der Waals surface area contributed by atoms with E-state index in [4.69, 9.17) is 5.84 Å². The second kappa shape index (κ2) is 7.45. The lowest BCUT2D eigenvalue weighted by atomic mass is 10.2. The van der Waals surface area contributed by atoms with Crippen LogP contribution < -0.4 is 11.3 Å². The summed E-state index contributed by atoms with van der Waals surface area (Å²) in [7, 11) is 0. The fourth-order valence-corrected chi connectivity index (χ4v) is 4.17. The third-order valence-corrected chi connectivity index (χ3v) is 5.67. The highest BCUT2D eigenvalue weighted by Gasteiger charge is 2.10. The van der Waals surface area contributed by atoms with Crippen molar-refractivity contribution in [3.8, 4) is 0 Å². The molecule has 0 aliphatic heterocycles. The van der Waals surface area contributed by atoms with E-state index in [0.29, 0.717) is 0 Å². The summed E-state index contributed by atoms with van der Waals surface area (Å²) in [5.41, 5.74) is 4.20. The number of nitrogens with one attached hydrogen (secondary N) is 1. The number of hydrazine groups is 1. The van der Waals surface area contributed by atoms with Crippen LogP contribution in [0.4, 0.5) is 0 Å². The molecule has 1 aromatic carbocycles. The fraction of sp³-hybridized carbons (Fsp3) is 0.286. The van der Waals surface area contributed by atoms with Gasteiger partial charge in [0.2, 0.25) is 0 Å². The van der Waals surface area contributed by atoms with Crippen molar-refractivity contribution < 1.29 is 0 Å². The van der Waals surface area contributed by atoms with Crippen LogP contribution in [0.25, 0.3) is 0 Å². The molecule has 0 aliphatic rings. The van der Waals surface area contributed by atoms with Crippen LogP contribution in [0.2, 0.25) is 0 Å². The summed E-state index contributed by atoms with van der Waals surface area (Å²) in [6.07, 6.45) is 0.964. The summed E-state index contributed by atoms with van der Waals surface area (Å²) in [6.45, 7) is 2.10. The van der Waals surface area contributed by atoms with E-state index in [9.17, 15) is 0 Å². The van der Waals surface area contributed by atoms with Crippen molar-refractivity contribution in [3.63, 3.8) is 0 Å². The van der Waals surface area contributed by atoms with Gasteiger partial charge in [-0.1, -0.05) is 17.7 Å². The Bertz CT molecular complexity index is 510. The van der Waals surface area contributed by atoms with E-state index in [1.54, 1.807) is 11.3 Å². The summed E-state index contributed by atoms with van der Waals surface area (Å²) >= 11 is 7.08. The molecule has 0 amide bonds. The minimum Gasteiger partial charge on any atom is -0.271 e. The molecule has 1 heterocycles. The minimum absolute atomic E-state index is 0.289. The number of rotatable bonds is 6. The van der Waals surface area contributed by atoms with Crippen molar-refractivity contribution in [1.82, 2.24) is 5.43 Å². The Balaban J connectivity index is 1.87. The van der Waals surface area contributed by atoms with E-state index < -0.39 is 0 Å². The predicted octanol–water partition coefficient (Wildman–Crippen LogP) is 3.99. The van der Waals surface area contributed by atoms with Crippen LogP contribution >= 0.6 is 39.0 Å². The molecule has 0 fully saturated rings. The highest BCUT2D eigenvalue weighted by Crippen LogP contribution is 2.23. The van der Waals surface area contributed by atoms with E-state index >= 15 is 0 Å². The van der Waals surface area contributed by atoms with E-state index in [1.165, 1.54) is 15.3 Å². The molecule has 0 saturated heterocycles. The lowest BCUT2D eigenvalue weighted by Crippen LogP contribution is -2.38. The van der Waals surface area contributed by atoms with E-state index in [-0.39, 0.29) is 6.04 Å². The average Bonchev–Trinajstić information content (AvgIpc) is 2.82. The molecule has 0 radical (unpaired) electrons. The number of hydrogen-bond donors (Lipinski definition) is 2. The Morgan fingerprint density at radius 2 is 2.11 bits per heavy atom. The number of nitrogens with two attached hydrogens (primary N) is 1. The van der Waals surface area contributed by atoms with Gasteiger partial charge in [-0.3, -0.25) is 11.3 Å². The molecule has 1 aromatic heterocycles. The molecule has 2 aromatic rings. The molecule has 5 heteroatoms. The molecule has 19 heavy (non-hydrogen) atoms. The first-order valence-electron chi connectivity index (χ1n) is 6.06. The number of aryl methyl sites for hydroxylation is 1. The summed E-state index contributed by atoms with van der Waals surface area (Å²) in [5.74, 6) is 6.61. The third-order valence-electron chi connectivity index (χ3n) is 2.78. The Hall–Kier alpha value is -0.330. The highest BCUT2D eigenvalue weighted by molar-refractivity contribution is 9.10. The van der Waals surface area contributed by atoms with Crippen LogP contribution in [-0.2, 0) is 6.42 Å². The van der Waals surface area contributed by atoms with Crippen molar-refractivity contribution in [3.05, 3.63) is 50.6 Å². The molecule has 0 bridgehead atoms. The zero-order chi connectivity index (χ0) is 13.7. The molecule has 1 atom stereocenters. The van der Waals surface area contributed by atoms with Crippen molar-refractivity contribution >= 4 is 39.0 Å². The Kier molecular flexibility index (Phi) is 5.91. The van der Waals surface area contributed by atoms with Gasteiger partial charge in [-0.15, -0.1) is 23.1 Å². The van der Waals surface area contributed by atoms with Crippen molar-refractivity contribution in [2.45, 2.75) is 24.3 Å². The van der Waals surface area contributed by atoms with Gasteiger partial charge in [0.05, 0.1) is 0 Å². The normalized spacial score (nSPS) is 12.6. The van der Waals surface area contributed by atoms with Gasteiger partial charge in [0.15, 0.2) is 0 Å². The maximum Gasteiger partial charge on any atom is 0.0352 e. The van der Waals surface area contributed by atoms with Crippen molar-refractivity contribution in [2.24, 2.45) is 5.84 Å². The topological polar surface area (TPSA) is 38.0 Å². The van der Waals surface area contributed by atoms with Gasteiger partial charge in [0.25, 0.3) is 0 Å². The predicted molar refractivity (Wildman–Crippen MR) is 88.7 cm³/mol. The zero-order valence-corrected chi connectivity index (χ0v) is 13.9. The van der Waals surface area contributed by atoms with Crippen LogP contribution in [0.5, 0.6) is 0 Å².